The van der Waals surface area contributed by atoms with Crippen LogP contribution in [0.4, 0.5) is 4.79 Å². The lowest BCUT2D eigenvalue weighted by molar-refractivity contribution is 0.0276. The molecule has 0 spiro atoms. The van der Waals surface area contributed by atoms with Crippen molar-refractivity contribution < 1.29 is 9.53 Å². The van der Waals surface area contributed by atoms with E-state index in [4.69, 9.17) is 11.2 Å². The Morgan fingerprint density at radius 3 is 2.94 bits per heavy atom. The van der Waals surface area contributed by atoms with Crippen LogP contribution in [-0.2, 0) is 4.74 Å². The van der Waals surface area contributed by atoms with Gasteiger partial charge in [0.2, 0.25) is 0 Å². The first kappa shape index (κ1) is 13.4. The minimum atomic E-state index is -0.474. The fourth-order valence-electron chi connectivity index (χ4n) is 1.36. The Hall–Kier alpha value is -1.70. The van der Waals surface area contributed by atoms with Crippen molar-refractivity contribution in [3.63, 3.8) is 0 Å². The van der Waals surface area contributed by atoms with Gasteiger partial charge in [-0.15, -0.1) is 6.42 Å². The van der Waals surface area contributed by atoms with E-state index in [0.717, 1.165) is 5.84 Å². The minimum absolute atomic E-state index is 0.313. The Morgan fingerprint density at radius 2 is 2.35 bits per heavy atom. The van der Waals surface area contributed by atoms with E-state index >= 15 is 0 Å². The Morgan fingerprint density at radius 1 is 1.65 bits per heavy atom. The predicted octanol–water partition coefficient (Wildman–Crippen LogP) is 0.858. The maximum Gasteiger partial charge on any atom is 0.410 e. The highest BCUT2D eigenvalue weighted by Crippen LogP contribution is 2.10. The van der Waals surface area contributed by atoms with Crippen molar-refractivity contribution >= 4 is 11.9 Å². The molecule has 0 aromatic heterocycles. The Kier molecular flexibility index (Phi) is 4.38. The van der Waals surface area contributed by atoms with Gasteiger partial charge in [-0.3, -0.25) is 9.89 Å². The molecular weight excluding hydrogens is 218 g/mol. The van der Waals surface area contributed by atoms with Crippen LogP contribution in [0.3, 0.4) is 0 Å². The number of aliphatic imine (C=N–C) groups is 1. The Labute approximate surface area is 102 Å². The average molecular weight is 237 g/mol. The Balaban J connectivity index is 2.50. The molecule has 1 heterocycles. The SMILES string of the molecule is C#CCNC1=NCCN(C(=O)OC(C)(C)C)C1. The first-order valence-corrected chi connectivity index (χ1v) is 5.61. The highest BCUT2D eigenvalue weighted by atomic mass is 16.6. The lowest BCUT2D eigenvalue weighted by Crippen LogP contribution is -2.47. The maximum atomic E-state index is 11.8. The van der Waals surface area contributed by atoms with Crippen molar-refractivity contribution in [1.82, 2.24) is 10.2 Å². The van der Waals surface area contributed by atoms with E-state index in [1.54, 1.807) is 4.90 Å². The molecule has 0 aromatic carbocycles. The molecule has 17 heavy (non-hydrogen) atoms. The van der Waals surface area contributed by atoms with Crippen LogP contribution in [0.5, 0.6) is 0 Å². The summed E-state index contributed by atoms with van der Waals surface area (Å²) in [6.45, 7) is 7.54. The van der Waals surface area contributed by atoms with Crippen LogP contribution in [0.2, 0.25) is 0 Å². The zero-order valence-corrected chi connectivity index (χ0v) is 10.6. The smallest absolute Gasteiger partial charge is 0.410 e. The minimum Gasteiger partial charge on any atom is -0.444 e. The number of ether oxygens (including phenoxy) is 1. The van der Waals surface area contributed by atoms with Crippen LogP contribution >= 0.6 is 0 Å². The molecule has 0 radical (unpaired) electrons. The van der Waals surface area contributed by atoms with Crippen LogP contribution < -0.4 is 5.32 Å². The number of amidine groups is 1. The zero-order valence-electron chi connectivity index (χ0n) is 10.6. The molecule has 0 saturated heterocycles. The highest BCUT2D eigenvalue weighted by molar-refractivity contribution is 5.88. The van der Waals surface area contributed by atoms with Crippen LogP contribution in [0.25, 0.3) is 0 Å². The van der Waals surface area contributed by atoms with Crippen LogP contribution in [0.15, 0.2) is 4.99 Å². The fourth-order valence-corrected chi connectivity index (χ4v) is 1.36. The van der Waals surface area contributed by atoms with Gasteiger partial charge in [-0.1, -0.05) is 5.92 Å². The van der Waals surface area contributed by atoms with E-state index in [9.17, 15) is 4.79 Å². The molecule has 0 fully saturated rings. The van der Waals surface area contributed by atoms with Gasteiger partial charge < -0.3 is 10.1 Å². The maximum absolute atomic E-state index is 11.8. The molecular formula is C12H19N3O2. The highest BCUT2D eigenvalue weighted by Gasteiger charge is 2.24. The lowest BCUT2D eigenvalue weighted by atomic mass is 10.2. The summed E-state index contributed by atoms with van der Waals surface area (Å²) in [5.74, 6) is 3.21. The van der Waals surface area contributed by atoms with Gasteiger partial charge >= 0.3 is 6.09 Å². The van der Waals surface area contributed by atoms with Crippen LogP contribution in [0.1, 0.15) is 20.8 Å². The molecule has 1 N–H and O–H groups in total. The van der Waals surface area contributed by atoms with Crippen molar-refractivity contribution in [2.45, 2.75) is 26.4 Å². The molecule has 5 nitrogen and oxygen atoms in total. The second-order valence-corrected chi connectivity index (χ2v) is 4.79. The standard InChI is InChI=1S/C12H19N3O2/c1-5-6-13-10-9-15(8-7-14-10)11(16)17-12(2,3)4/h1H,6-9H2,2-4H3,(H,13,14). The summed E-state index contributed by atoms with van der Waals surface area (Å²) < 4.78 is 5.29. The number of carbonyl (C=O) groups excluding carboxylic acids is 1. The molecule has 0 bridgehead atoms. The summed E-state index contributed by atoms with van der Waals surface area (Å²) in [6, 6.07) is 0. The van der Waals surface area contributed by atoms with Gasteiger partial charge in [-0.25, -0.2) is 4.79 Å². The molecule has 1 aliphatic heterocycles. The number of rotatable bonds is 1. The molecule has 94 valence electrons. The van der Waals surface area contributed by atoms with Crippen LogP contribution in [0, 0.1) is 12.3 Å². The average Bonchev–Trinajstić information content (AvgIpc) is 2.24. The molecule has 1 amide bonds. The van der Waals surface area contributed by atoms with Gasteiger partial charge in [0.15, 0.2) is 0 Å². The molecule has 0 atom stereocenters. The van der Waals surface area contributed by atoms with Crippen molar-refractivity contribution in [3.8, 4) is 12.3 Å². The largest absolute Gasteiger partial charge is 0.444 e. The molecule has 1 aliphatic rings. The fraction of sp³-hybridized carbons (Fsp3) is 0.667. The van der Waals surface area contributed by atoms with Crippen molar-refractivity contribution in [2.24, 2.45) is 4.99 Å². The summed E-state index contributed by atoms with van der Waals surface area (Å²) in [7, 11) is 0. The number of nitrogens with one attached hydrogen (secondary N) is 1. The van der Waals surface area contributed by atoms with Gasteiger partial charge in [0.25, 0.3) is 0 Å². The van der Waals surface area contributed by atoms with Crippen molar-refractivity contribution in [1.29, 1.82) is 0 Å². The summed E-state index contributed by atoms with van der Waals surface area (Å²) >= 11 is 0. The topological polar surface area (TPSA) is 53.9 Å². The molecule has 0 saturated carbocycles. The van der Waals surface area contributed by atoms with Gasteiger partial charge in [0.1, 0.15) is 11.4 Å². The number of hydrogen-bond donors (Lipinski definition) is 1. The number of carbonyl (C=O) groups is 1. The molecule has 0 aromatic rings. The van der Waals surface area contributed by atoms with Gasteiger partial charge in [-0.05, 0) is 20.8 Å². The van der Waals surface area contributed by atoms with Gasteiger partial charge in [0, 0.05) is 6.54 Å². The number of amides is 1. The quantitative estimate of drug-likeness (QED) is 0.688. The number of nitrogens with zero attached hydrogens (tertiary/aromatic N) is 2. The zero-order chi connectivity index (χ0) is 12.9. The van der Waals surface area contributed by atoms with Crippen LogP contribution in [-0.4, -0.2) is 48.6 Å². The summed E-state index contributed by atoms with van der Waals surface area (Å²) in [6.07, 6.45) is 4.84. The first-order chi connectivity index (χ1) is 7.92. The molecule has 1 rings (SSSR count). The van der Waals surface area contributed by atoms with Gasteiger partial charge in [0.05, 0.1) is 19.6 Å². The van der Waals surface area contributed by atoms with E-state index in [2.05, 4.69) is 16.2 Å². The van der Waals surface area contributed by atoms with E-state index in [-0.39, 0.29) is 6.09 Å². The summed E-state index contributed by atoms with van der Waals surface area (Å²) in [5, 5.41) is 2.98. The predicted molar refractivity (Wildman–Crippen MR) is 66.9 cm³/mol. The van der Waals surface area contributed by atoms with E-state index in [0.29, 0.717) is 26.2 Å². The number of terminal acetylenes is 1. The van der Waals surface area contributed by atoms with Crippen molar-refractivity contribution in [3.05, 3.63) is 0 Å². The van der Waals surface area contributed by atoms with Gasteiger partial charge in [-0.2, -0.15) is 0 Å². The third-order valence-electron chi connectivity index (χ3n) is 2.06. The second-order valence-electron chi connectivity index (χ2n) is 4.79. The Bertz CT molecular complexity index is 350. The van der Waals surface area contributed by atoms with E-state index in [1.165, 1.54) is 0 Å². The summed E-state index contributed by atoms with van der Waals surface area (Å²) in [4.78, 5) is 17.7. The molecule has 5 heteroatoms. The third kappa shape index (κ3) is 4.77. The molecule has 0 unspecified atom stereocenters. The van der Waals surface area contributed by atoms with E-state index in [1.807, 2.05) is 20.8 Å². The monoisotopic (exact) mass is 237 g/mol. The van der Waals surface area contributed by atoms with Crippen molar-refractivity contribution in [2.75, 3.05) is 26.2 Å². The lowest BCUT2D eigenvalue weighted by Gasteiger charge is -2.29. The van der Waals surface area contributed by atoms with E-state index < -0.39 is 5.60 Å². The normalized spacial score (nSPS) is 15.9. The number of hydrogen-bond acceptors (Lipinski definition) is 4. The first-order valence-electron chi connectivity index (χ1n) is 5.61. The summed E-state index contributed by atoms with van der Waals surface area (Å²) in [5.41, 5.74) is -0.474. The third-order valence-corrected chi connectivity index (χ3v) is 2.06. The molecule has 0 aliphatic carbocycles. The second kappa shape index (κ2) is 5.58.